The molecule has 0 saturated heterocycles. The first-order valence-electron chi connectivity index (χ1n) is 4.76. The summed E-state index contributed by atoms with van der Waals surface area (Å²) in [5.41, 5.74) is 1.25. The predicted molar refractivity (Wildman–Crippen MR) is 60.9 cm³/mol. The molecule has 0 spiro atoms. The molecule has 16 heavy (non-hydrogen) atoms. The second-order valence-electron chi connectivity index (χ2n) is 3.37. The number of aliphatic imine (C=N–C) groups is 1. The van der Waals surface area contributed by atoms with Gasteiger partial charge >= 0.3 is 0 Å². The second-order valence-corrected chi connectivity index (χ2v) is 3.37. The van der Waals surface area contributed by atoms with Gasteiger partial charge in [-0.05, 0) is 18.6 Å². The van der Waals surface area contributed by atoms with Crippen LogP contribution in [0.5, 0.6) is 0 Å². The fourth-order valence-electron chi connectivity index (χ4n) is 1.64. The quantitative estimate of drug-likeness (QED) is 0.522. The average Bonchev–Trinajstić information content (AvgIpc) is 2.28. The second kappa shape index (κ2) is 5.33. The van der Waals surface area contributed by atoms with Crippen LogP contribution in [0.2, 0.25) is 0 Å². The van der Waals surface area contributed by atoms with E-state index in [1.807, 2.05) is 12.1 Å². The molecule has 0 saturated carbocycles. The molecule has 2 rings (SSSR count). The third-order valence-electron chi connectivity index (χ3n) is 2.48. The Hall–Kier alpha value is -1.05. The maximum atomic E-state index is 13.7. The van der Waals surface area contributed by atoms with Crippen LogP contribution in [-0.2, 0) is 20.1 Å². The Morgan fingerprint density at radius 3 is 2.75 bits per heavy atom. The van der Waals surface area contributed by atoms with Crippen molar-refractivity contribution >= 4 is 16.5 Å². The average molecular weight is 392 g/mol. The summed E-state index contributed by atoms with van der Waals surface area (Å²) >= 11 is 0. The normalized spacial score (nSPS) is 11.3. The number of benzene rings is 2. The molecule has 0 heterocycles. The van der Waals surface area contributed by atoms with Crippen molar-refractivity contribution in [1.29, 1.82) is 0 Å². The molecule has 0 atom stereocenters. The van der Waals surface area contributed by atoms with E-state index in [2.05, 4.69) is 11.1 Å². The zero-order valence-electron chi connectivity index (χ0n) is 9.05. The predicted octanol–water partition coefficient (Wildman–Crippen LogP) is 3.22. The van der Waals surface area contributed by atoms with Crippen molar-refractivity contribution in [3.63, 3.8) is 0 Å². The van der Waals surface area contributed by atoms with E-state index in [1.54, 1.807) is 26.1 Å². The molecule has 0 unspecified atom stereocenters. The van der Waals surface area contributed by atoms with E-state index >= 15 is 0 Å². The number of nitrogens with zero attached hydrogens (tertiary/aromatic N) is 1. The Morgan fingerprint density at radius 1 is 1.31 bits per heavy atom. The summed E-state index contributed by atoms with van der Waals surface area (Å²) in [4.78, 5) is 4.03. The van der Waals surface area contributed by atoms with E-state index in [1.165, 1.54) is 6.07 Å². The molecule has 0 bridgehead atoms. The minimum Gasteiger partial charge on any atom is -0.303 e. The molecule has 0 aliphatic carbocycles. The number of halogens is 1. The Morgan fingerprint density at radius 2 is 2.06 bits per heavy atom. The van der Waals surface area contributed by atoms with Crippen LogP contribution in [0.15, 0.2) is 35.3 Å². The summed E-state index contributed by atoms with van der Waals surface area (Å²) < 4.78 is 13.7. The van der Waals surface area contributed by atoms with Gasteiger partial charge in [0.1, 0.15) is 0 Å². The molecule has 0 amide bonds. The zero-order valence-corrected chi connectivity index (χ0v) is 11.4. The van der Waals surface area contributed by atoms with Crippen LogP contribution in [0.25, 0.3) is 10.8 Å². The first-order valence-corrected chi connectivity index (χ1v) is 4.76. The summed E-state index contributed by atoms with van der Waals surface area (Å²) in [5, 5.41) is 1.78. The van der Waals surface area contributed by atoms with Crippen LogP contribution in [0.4, 0.5) is 4.39 Å². The van der Waals surface area contributed by atoms with Crippen LogP contribution in [0.1, 0.15) is 12.5 Å². The molecule has 2 aromatic carbocycles. The van der Waals surface area contributed by atoms with Gasteiger partial charge in [0.15, 0.2) is 0 Å². The maximum Gasteiger partial charge on any atom is 0.0903 e. The Bertz CT molecular complexity index is 534. The number of hydrogen-bond donors (Lipinski definition) is 0. The summed E-state index contributed by atoms with van der Waals surface area (Å²) in [7, 11) is 1.66. The van der Waals surface area contributed by atoms with E-state index in [0.29, 0.717) is 11.3 Å². The molecular weight excluding hydrogens is 381 g/mol. The van der Waals surface area contributed by atoms with E-state index in [4.69, 9.17) is 0 Å². The molecule has 0 fully saturated rings. The summed E-state index contributed by atoms with van der Waals surface area (Å²) in [6.45, 7) is 1.80. The molecule has 85 valence electrons. The Balaban J connectivity index is 0.00000128. The van der Waals surface area contributed by atoms with Crippen molar-refractivity contribution in [2.24, 2.45) is 4.99 Å². The maximum absolute atomic E-state index is 13.7. The van der Waals surface area contributed by atoms with Gasteiger partial charge in [-0.1, -0.05) is 6.07 Å². The standard InChI is InChI=1S/C13H11FN.Ir/c1-9(15-2)13-11-6-4-3-5-10(11)7-8-12(13)14;/h3-5,7-8H,1-2H3;/q-1;. The van der Waals surface area contributed by atoms with E-state index in [0.717, 1.165) is 10.8 Å². The summed E-state index contributed by atoms with van der Waals surface area (Å²) in [6, 6.07) is 11.9. The Kier molecular flexibility index (Phi) is 4.34. The van der Waals surface area contributed by atoms with Gasteiger partial charge in [-0.25, -0.2) is 4.39 Å². The number of hydrogen-bond acceptors (Lipinski definition) is 1. The molecule has 0 aromatic heterocycles. The molecule has 3 heteroatoms. The van der Waals surface area contributed by atoms with Crippen LogP contribution in [0.3, 0.4) is 0 Å². The van der Waals surface area contributed by atoms with Gasteiger partial charge in [0.2, 0.25) is 0 Å². The van der Waals surface area contributed by atoms with Crippen LogP contribution >= 0.6 is 0 Å². The van der Waals surface area contributed by atoms with Crippen molar-refractivity contribution in [2.45, 2.75) is 6.92 Å². The molecular formula is C13H11FIrN-. The molecule has 2 aromatic rings. The topological polar surface area (TPSA) is 12.4 Å². The van der Waals surface area contributed by atoms with Crippen LogP contribution in [-0.4, -0.2) is 12.8 Å². The summed E-state index contributed by atoms with van der Waals surface area (Å²) in [6.07, 6.45) is 0. The molecule has 0 aliphatic rings. The number of fused-ring (bicyclic) bond motifs is 1. The van der Waals surface area contributed by atoms with E-state index < -0.39 is 0 Å². The first-order chi connectivity index (χ1) is 7.24. The van der Waals surface area contributed by atoms with Crippen molar-refractivity contribution in [1.82, 2.24) is 0 Å². The molecule has 1 nitrogen and oxygen atoms in total. The minimum atomic E-state index is -0.243. The third kappa shape index (κ3) is 2.21. The van der Waals surface area contributed by atoms with Gasteiger partial charge < -0.3 is 4.99 Å². The first kappa shape index (κ1) is 13.0. The van der Waals surface area contributed by atoms with E-state index in [-0.39, 0.29) is 25.9 Å². The van der Waals surface area contributed by atoms with Crippen molar-refractivity contribution in [2.75, 3.05) is 7.05 Å². The number of rotatable bonds is 1. The van der Waals surface area contributed by atoms with Gasteiger partial charge in [-0.15, -0.1) is 35.0 Å². The largest absolute Gasteiger partial charge is 0.303 e. The van der Waals surface area contributed by atoms with Gasteiger partial charge in [0.25, 0.3) is 0 Å². The van der Waals surface area contributed by atoms with Crippen LogP contribution in [0, 0.1) is 11.9 Å². The van der Waals surface area contributed by atoms with Gasteiger partial charge in [0.05, 0.1) is 5.82 Å². The fraction of sp³-hybridized carbons (Fsp3) is 0.154. The van der Waals surface area contributed by atoms with Crippen molar-refractivity contribution < 1.29 is 24.5 Å². The Labute approximate surface area is 108 Å². The zero-order chi connectivity index (χ0) is 10.8. The van der Waals surface area contributed by atoms with Gasteiger partial charge in [-0.3, -0.25) is 0 Å². The monoisotopic (exact) mass is 393 g/mol. The third-order valence-corrected chi connectivity index (χ3v) is 2.48. The van der Waals surface area contributed by atoms with Crippen molar-refractivity contribution in [3.8, 4) is 0 Å². The smallest absolute Gasteiger partial charge is 0.0903 e. The van der Waals surface area contributed by atoms with Gasteiger partial charge in [-0.2, -0.15) is 0 Å². The summed E-state index contributed by atoms with van der Waals surface area (Å²) in [5.74, 6) is -0.243. The SMILES string of the molecule is CN=C(C)c1c(F)ccc2ccc[c-]c12.[Ir]. The van der Waals surface area contributed by atoms with E-state index in [9.17, 15) is 4.39 Å². The minimum absolute atomic E-state index is 0. The van der Waals surface area contributed by atoms with Gasteiger partial charge in [0, 0.05) is 32.9 Å². The molecule has 0 aliphatic heterocycles. The van der Waals surface area contributed by atoms with Crippen molar-refractivity contribution in [3.05, 3.63) is 47.8 Å². The fourth-order valence-corrected chi connectivity index (χ4v) is 1.64. The van der Waals surface area contributed by atoms with Crippen LogP contribution < -0.4 is 0 Å². The molecule has 1 radical (unpaired) electrons. The molecule has 0 N–H and O–H groups in total.